The van der Waals surface area contributed by atoms with Crippen LogP contribution in [0.2, 0.25) is 0 Å². The maximum absolute atomic E-state index is 13.4. The van der Waals surface area contributed by atoms with Crippen LogP contribution in [-0.2, 0) is 17.6 Å². The standard InChI is InChI=1S/C24H24N2O.ClH/c1-18(25-21-16-19-10-8-9-11-20(19)17-21)24(27)26(22-12-4-2-5-13-22)23-14-6-3-7-15-23;/h2-15,18,21,25H,16-17H2,1H3;1H. The first kappa shape index (κ1) is 20.1. The molecule has 0 saturated heterocycles. The maximum atomic E-state index is 13.4. The predicted molar refractivity (Wildman–Crippen MR) is 118 cm³/mol. The van der Waals surface area contributed by atoms with Crippen LogP contribution in [0.25, 0.3) is 0 Å². The Labute approximate surface area is 172 Å². The van der Waals surface area contributed by atoms with Crippen LogP contribution in [-0.4, -0.2) is 18.0 Å². The zero-order valence-electron chi connectivity index (χ0n) is 15.9. The lowest BCUT2D eigenvalue weighted by Crippen LogP contribution is -2.47. The Morgan fingerprint density at radius 1 is 0.821 bits per heavy atom. The summed E-state index contributed by atoms with van der Waals surface area (Å²) in [5.41, 5.74) is 4.55. The van der Waals surface area contributed by atoms with Crippen molar-refractivity contribution in [3.05, 3.63) is 96.1 Å². The van der Waals surface area contributed by atoms with Crippen molar-refractivity contribution in [1.29, 1.82) is 0 Å². The Kier molecular flexibility index (Phi) is 6.50. The normalized spacial score (nSPS) is 14.0. The number of para-hydroxylation sites is 2. The van der Waals surface area contributed by atoms with E-state index >= 15 is 0 Å². The van der Waals surface area contributed by atoms with Gasteiger partial charge in [-0.3, -0.25) is 9.69 Å². The van der Waals surface area contributed by atoms with E-state index in [9.17, 15) is 4.79 Å². The van der Waals surface area contributed by atoms with Crippen LogP contribution in [0.15, 0.2) is 84.9 Å². The van der Waals surface area contributed by atoms with Gasteiger partial charge in [0.05, 0.1) is 6.04 Å². The molecule has 3 aromatic rings. The zero-order valence-corrected chi connectivity index (χ0v) is 16.7. The third-order valence-electron chi connectivity index (χ3n) is 5.16. The van der Waals surface area contributed by atoms with Gasteiger partial charge in [0, 0.05) is 17.4 Å². The van der Waals surface area contributed by atoms with Crippen LogP contribution < -0.4 is 10.2 Å². The fourth-order valence-electron chi connectivity index (χ4n) is 3.85. The molecule has 0 bridgehead atoms. The monoisotopic (exact) mass is 392 g/mol. The van der Waals surface area contributed by atoms with E-state index in [2.05, 4.69) is 29.6 Å². The van der Waals surface area contributed by atoms with Crippen molar-refractivity contribution >= 4 is 29.7 Å². The molecule has 1 amide bonds. The van der Waals surface area contributed by atoms with E-state index in [1.54, 1.807) is 4.90 Å². The number of benzene rings is 3. The minimum Gasteiger partial charge on any atom is -0.303 e. The second-order valence-electron chi connectivity index (χ2n) is 7.11. The number of fused-ring (bicyclic) bond motifs is 1. The van der Waals surface area contributed by atoms with Crippen LogP contribution in [0.4, 0.5) is 11.4 Å². The third-order valence-corrected chi connectivity index (χ3v) is 5.16. The summed E-state index contributed by atoms with van der Waals surface area (Å²) < 4.78 is 0. The number of rotatable bonds is 5. The highest BCUT2D eigenvalue weighted by Gasteiger charge is 2.28. The molecule has 0 saturated carbocycles. The van der Waals surface area contributed by atoms with E-state index in [0.29, 0.717) is 6.04 Å². The Morgan fingerprint density at radius 3 is 1.71 bits per heavy atom. The molecule has 144 valence electrons. The number of carbonyl (C=O) groups is 1. The van der Waals surface area contributed by atoms with Crippen LogP contribution in [0.5, 0.6) is 0 Å². The van der Waals surface area contributed by atoms with Crippen LogP contribution in [0.3, 0.4) is 0 Å². The minimum absolute atomic E-state index is 0. The SMILES string of the molecule is CC(NC1Cc2ccccc2C1)C(=O)N(c1ccccc1)c1ccccc1.Cl. The van der Waals surface area contributed by atoms with Crippen LogP contribution in [0.1, 0.15) is 18.1 Å². The minimum atomic E-state index is -0.273. The Hall–Kier alpha value is -2.62. The quantitative estimate of drug-likeness (QED) is 0.668. The molecule has 0 spiro atoms. The van der Waals surface area contributed by atoms with Gasteiger partial charge in [0.15, 0.2) is 0 Å². The van der Waals surface area contributed by atoms with Gasteiger partial charge in [-0.1, -0.05) is 60.7 Å². The first-order valence-corrected chi connectivity index (χ1v) is 9.49. The average Bonchev–Trinajstić information content (AvgIpc) is 3.12. The first-order chi connectivity index (χ1) is 13.2. The number of hydrogen-bond donors (Lipinski definition) is 1. The fraction of sp³-hybridized carbons (Fsp3) is 0.208. The zero-order chi connectivity index (χ0) is 18.6. The molecule has 0 fully saturated rings. The molecule has 1 atom stereocenters. The molecule has 0 heterocycles. The summed E-state index contributed by atoms with van der Waals surface area (Å²) in [6.45, 7) is 1.96. The predicted octanol–water partition coefficient (Wildman–Crippen LogP) is 4.92. The van der Waals surface area contributed by atoms with Gasteiger partial charge < -0.3 is 5.32 Å². The van der Waals surface area contributed by atoms with Crippen molar-refractivity contribution in [2.45, 2.75) is 31.8 Å². The second-order valence-corrected chi connectivity index (χ2v) is 7.11. The summed E-state index contributed by atoms with van der Waals surface area (Å²) in [5, 5.41) is 3.55. The fourth-order valence-corrected chi connectivity index (χ4v) is 3.85. The summed E-state index contributed by atoms with van der Waals surface area (Å²) in [6.07, 6.45) is 1.95. The smallest absolute Gasteiger partial charge is 0.248 e. The number of nitrogens with one attached hydrogen (secondary N) is 1. The van der Waals surface area contributed by atoms with Crippen molar-refractivity contribution in [2.24, 2.45) is 0 Å². The lowest BCUT2D eigenvalue weighted by Gasteiger charge is -2.28. The molecule has 3 aromatic carbocycles. The molecular formula is C24H25ClN2O. The van der Waals surface area contributed by atoms with Crippen molar-refractivity contribution in [3.63, 3.8) is 0 Å². The highest BCUT2D eigenvalue weighted by molar-refractivity contribution is 6.03. The van der Waals surface area contributed by atoms with E-state index in [-0.39, 0.29) is 24.4 Å². The molecule has 1 N–H and O–H groups in total. The number of hydrogen-bond acceptors (Lipinski definition) is 2. The third kappa shape index (κ3) is 4.27. The Bertz CT molecular complexity index is 850. The van der Waals surface area contributed by atoms with Gasteiger partial charge in [-0.15, -0.1) is 12.4 Å². The summed E-state index contributed by atoms with van der Waals surface area (Å²) >= 11 is 0. The summed E-state index contributed by atoms with van der Waals surface area (Å²) in [4.78, 5) is 15.2. The van der Waals surface area contributed by atoms with E-state index in [1.807, 2.05) is 67.6 Å². The van der Waals surface area contributed by atoms with Crippen molar-refractivity contribution in [1.82, 2.24) is 5.32 Å². The van der Waals surface area contributed by atoms with Gasteiger partial charge in [0.25, 0.3) is 0 Å². The second kappa shape index (κ2) is 9.05. The Morgan fingerprint density at radius 2 is 1.25 bits per heavy atom. The lowest BCUT2D eigenvalue weighted by atomic mass is 10.1. The number of nitrogens with zero attached hydrogens (tertiary/aromatic N) is 1. The topological polar surface area (TPSA) is 32.3 Å². The van der Waals surface area contributed by atoms with E-state index < -0.39 is 0 Å². The number of carbonyl (C=O) groups excluding carboxylic acids is 1. The van der Waals surface area contributed by atoms with Gasteiger partial charge in [-0.25, -0.2) is 0 Å². The summed E-state index contributed by atoms with van der Waals surface area (Å²) in [5.74, 6) is 0.0587. The van der Waals surface area contributed by atoms with Gasteiger partial charge in [-0.05, 0) is 55.2 Å². The maximum Gasteiger partial charge on any atom is 0.248 e. The lowest BCUT2D eigenvalue weighted by molar-refractivity contribution is -0.119. The Balaban J connectivity index is 0.00000225. The molecule has 4 heteroatoms. The average molecular weight is 393 g/mol. The van der Waals surface area contributed by atoms with Crippen LogP contribution >= 0.6 is 12.4 Å². The van der Waals surface area contributed by atoms with Gasteiger partial charge in [-0.2, -0.15) is 0 Å². The molecule has 0 aliphatic heterocycles. The molecule has 0 radical (unpaired) electrons. The molecule has 4 rings (SSSR count). The molecular weight excluding hydrogens is 368 g/mol. The molecule has 1 aliphatic rings. The van der Waals surface area contributed by atoms with Gasteiger partial charge >= 0.3 is 0 Å². The van der Waals surface area contributed by atoms with E-state index in [1.165, 1.54) is 11.1 Å². The molecule has 3 nitrogen and oxygen atoms in total. The van der Waals surface area contributed by atoms with Crippen molar-refractivity contribution in [3.8, 4) is 0 Å². The van der Waals surface area contributed by atoms with E-state index in [0.717, 1.165) is 24.2 Å². The summed E-state index contributed by atoms with van der Waals surface area (Å²) in [6, 6.07) is 28.3. The highest BCUT2D eigenvalue weighted by Crippen LogP contribution is 2.27. The molecule has 0 aromatic heterocycles. The first-order valence-electron chi connectivity index (χ1n) is 9.49. The van der Waals surface area contributed by atoms with Crippen molar-refractivity contribution in [2.75, 3.05) is 4.90 Å². The van der Waals surface area contributed by atoms with Crippen LogP contribution in [0, 0.1) is 0 Å². The van der Waals surface area contributed by atoms with Gasteiger partial charge in [0.1, 0.15) is 0 Å². The highest BCUT2D eigenvalue weighted by atomic mass is 35.5. The molecule has 1 aliphatic carbocycles. The number of amides is 1. The van der Waals surface area contributed by atoms with Gasteiger partial charge in [0.2, 0.25) is 5.91 Å². The number of anilines is 2. The molecule has 28 heavy (non-hydrogen) atoms. The number of halogens is 1. The van der Waals surface area contributed by atoms with E-state index in [4.69, 9.17) is 0 Å². The van der Waals surface area contributed by atoms with Crippen molar-refractivity contribution < 1.29 is 4.79 Å². The largest absolute Gasteiger partial charge is 0.303 e. The molecule has 1 unspecified atom stereocenters. The summed E-state index contributed by atoms with van der Waals surface area (Å²) in [7, 11) is 0.